The molecule has 0 spiro atoms. The van der Waals surface area contributed by atoms with Gasteiger partial charge < -0.3 is 14.2 Å². The molecule has 0 bridgehead atoms. The molecule has 4 rings (SSSR count). The molecular weight excluding hydrogens is 394 g/mol. The second-order valence-electron chi connectivity index (χ2n) is 7.38. The minimum atomic E-state index is -0.530. The van der Waals surface area contributed by atoms with Crippen LogP contribution in [0.15, 0.2) is 71.4 Å². The van der Waals surface area contributed by atoms with Gasteiger partial charge in [-0.05, 0) is 46.7 Å². The Morgan fingerprint density at radius 1 is 1.00 bits per heavy atom. The van der Waals surface area contributed by atoms with Crippen LogP contribution in [0.3, 0.4) is 0 Å². The zero-order valence-corrected chi connectivity index (χ0v) is 17.4. The van der Waals surface area contributed by atoms with Crippen molar-refractivity contribution in [2.45, 2.75) is 13.8 Å². The quantitative estimate of drug-likeness (QED) is 0.341. The Bertz CT molecular complexity index is 1240. The average Bonchev–Trinajstić information content (AvgIpc) is 3.14. The molecule has 3 aromatic carbocycles. The van der Waals surface area contributed by atoms with Crippen molar-refractivity contribution in [3.63, 3.8) is 0 Å². The SMILES string of the molecule is COc1cc(/C=C2/N=C(c3ccc4ccccc4c3)OC2=O)ccc1OC(=O)C(C)C. The van der Waals surface area contributed by atoms with Crippen LogP contribution in [0, 0.1) is 5.92 Å². The molecule has 6 heteroatoms. The second kappa shape index (κ2) is 8.44. The highest BCUT2D eigenvalue weighted by molar-refractivity contribution is 6.13. The molecule has 0 unspecified atom stereocenters. The summed E-state index contributed by atoms with van der Waals surface area (Å²) in [5.41, 5.74) is 1.57. The lowest BCUT2D eigenvalue weighted by atomic mass is 10.1. The van der Waals surface area contributed by atoms with E-state index in [1.807, 2.05) is 42.5 Å². The number of carbonyl (C=O) groups is 2. The van der Waals surface area contributed by atoms with Gasteiger partial charge in [-0.25, -0.2) is 9.79 Å². The van der Waals surface area contributed by atoms with Crippen molar-refractivity contribution in [1.29, 1.82) is 0 Å². The number of ether oxygens (including phenoxy) is 3. The molecule has 0 fully saturated rings. The van der Waals surface area contributed by atoms with Crippen molar-refractivity contribution in [3.8, 4) is 11.5 Å². The van der Waals surface area contributed by atoms with Gasteiger partial charge in [0.1, 0.15) is 0 Å². The van der Waals surface area contributed by atoms with Crippen LogP contribution >= 0.6 is 0 Å². The fourth-order valence-corrected chi connectivity index (χ4v) is 3.10. The molecule has 1 heterocycles. The first-order valence-corrected chi connectivity index (χ1v) is 9.86. The van der Waals surface area contributed by atoms with Crippen molar-refractivity contribution in [2.24, 2.45) is 10.9 Å². The Morgan fingerprint density at radius 3 is 2.52 bits per heavy atom. The monoisotopic (exact) mass is 415 g/mol. The number of nitrogens with zero attached hydrogens (tertiary/aromatic N) is 1. The molecule has 0 saturated carbocycles. The summed E-state index contributed by atoms with van der Waals surface area (Å²) in [6.45, 7) is 3.51. The smallest absolute Gasteiger partial charge is 0.363 e. The summed E-state index contributed by atoms with van der Waals surface area (Å²) in [4.78, 5) is 28.6. The molecule has 0 amide bonds. The van der Waals surface area contributed by atoms with Crippen LogP contribution in [0.4, 0.5) is 0 Å². The molecule has 156 valence electrons. The third-order valence-electron chi connectivity index (χ3n) is 4.79. The van der Waals surface area contributed by atoms with E-state index in [-0.39, 0.29) is 23.5 Å². The number of hydrogen-bond acceptors (Lipinski definition) is 6. The first-order chi connectivity index (χ1) is 14.9. The lowest BCUT2D eigenvalue weighted by Gasteiger charge is -2.11. The van der Waals surface area contributed by atoms with Crippen LogP contribution < -0.4 is 9.47 Å². The number of esters is 2. The first kappa shape index (κ1) is 20.3. The zero-order chi connectivity index (χ0) is 22.0. The van der Waals surface area contributed by atoms with Gasteiger partial charge in [-0.1, -0.05) is 50.2 Å². The highest BCUT2D eigenvalue weighted by Crippen LogP contribution is 2.30. The highest BCUT2D eigenvalue weighted by Gasteiger charge is 2.24. The molecular formula is C25H21NO5. The number of methoxy groups -OCH3 is 1. The van der Waals surface area contributed by atoms with Gasteiger partial charge in [0.05, 0.1) is 13.0 Å². The van der Waals surface area contributed by atoms with Crippen molar-refractivity contribution < 1.29 is 23.8 Å². The third kappa shape index (κ3) is 4.33. The van der Waals surface area contributed by atoms with E-state index in [0.717, 1.165) is 16.3 Å². The minimum absolute atomic E-state index is 0.178. The molecule has 6 nitrogen and oxygen atoms in total. The number of hydrogen-bond donors (Lipinski definition) is 0. The van der Waals surface area contributed by atoms with Crippen LogP contribution in [0.25, 0.3) is 16.8 Å². The zero-order valence-electron chi connectivity index (χ0n) is 17.4. The maximum Gasteiger partial charge on any atom is 0.363 e. The van der Waals surface area contributed by atoms with Crippen LogP contribution in [0.1, 0.15) is 25.0 Å². The van der Waals surface area contributed by atoms with Gasteiger partial charge in [-0.3, -0.25) is 4.79 Å². The molecule has 0 radical (unpaired) electrons. The summed E-state index contributed by atoms with van der Waals surface area (Å²) < 4.78 is 16.1. The van der Waals surface area contributed by atoms with Crippen molar-refractivity contribution in [1.82, 2.24) is 0 Å². The van der Waals surface area contributed by atoms with Crippen LogP contribution in [0.2, 0.25) is 0 Å². The van der Waals surface area contributed by atoms with Gasteiger partial charge in [0.25, 0.3) is 0 Å². The number of cyclic esters (lactones) is 1. The fourth-order valence-electron chi connectivity index (χ4n) is 3.10. The molecule has 0 saturated heterocycles. The Hall–Kier alpha value is -3.93. The van der Waals surface area contributed by atoms with Gasteiger partial charge in [-0.2, -0.15) is 0 Å². The summed E-state index contributed by atoms with van der Waals surface area (Å²) in [7, 11) is 1.48. The molecule has 0 aliphatic carbocycles. The Labute approximate surface area is 179 Å². The summed E-state index contributed by atoms with van der Waals surface area (Å²) in [6, 6.07) is 18.7. The van der Waals surface area contributed by atoms with E-state index in [9.17, 15) is 9.59 Å². The van der Waals surface area contributed by atoms with Gasteiger partial charge in [0.15, 0.2) is 17.2 Å². The van der Waals surface area contributed by atoms with E-state index in [4.69, 9.17) is 14.2 Å². The number of benzene rings is 3. The van der Waals surface area contributed by atoms with Gasteiger partial charge in [0, 0.05) is 5.56 Å². The molecule has 0 N–H and O–H groups in total. The summed E-state index contributed by atoms with van der Waals surface area (Å²) in [5, 5.41) is 2.13. The predicted octanol–water partition coefficient (Wildman–Crippen LogP) is 4.75. The van der Waals surface area contributed by atoms with E-state index in [1.54, 1.807) is 38.1 Å². The lowest BCUT2D eigenvalue weighted by molar-refractivity contribution is -0.137. The summed E-state index contributed by atoms with van der Waals surface area (Å²) >= 11 is 0. The van der Waals surface area contributed by atoms with Crippen molar-refractivity contribution >= 4 is 34.7 Å². The maximum absolute atomic E-state index is 12.4. The van der Waals surface area contributed by atoms with Crippen LogP contribution in [-0.2, 0) is 14.3 Å². The third-order valence-corrected chi connectivity index (χ3v) is 4.79. The van der Waals surface area contributed by atoms with E-state index >= 15 is 0 Å². The molecule has 3 aromatic rings. The lowest BCUT2D eigenvalue weighted by Crippen LogP contribution is -2.15. The Morgan fingerprint density at radius 2 is 1.77 bits per heavy atom. The molecule has 0 atom stereocenters. The van der Waals surface area contributed by atoms with Crippen LogP contribution in [0.5, 0.6) is 11.5 Å². The second-order valence-corrected chi connectivity index (χ2v) is 7.38. The normalized spacial score (nSPS) is 14.6. The molecule has 0 aromatic heterocycles. The van der Waals surface area contributed by atoms with Gasteiger partial charge in [-0.15, -0.1) is 0 Å². The Balaban J connectivity index is 1.62. The number of aliphatic imine (C=N–C) groups is 1. The number of rotatable bonds is 5. The number of fused-ring (bicyclic) bond motifs is 1. The maximum atomic E-state index is 12.4. The highest BCUT2D eigenvalue weighted by atomic mass is 16.6. The largest absolute Gasteiger partial charge is 0.493 e. The topological polar surface area (TPSA) is 74.2 Å². The van der Waals surface area contributed by atoms with E-state index in [1.165, 1.54) is 7.11 Å². The van der Waals surface area contributed by atoms with E-state index in [2.05, 4.69) is 4.99 Å². The minimum Gasteiger partial charge on any atom is -0.493 e. The van der Waals surface area contributed by atoms with Crippen LogP contribution in [-0.4, -0.2) is 24.9 Å². The van der Waals surface area contributed by atoms with E-state index in [0.29, 0.717) is 17.1 Å². The summed E-state index contributed by atoms with van der Waals surface area (Å²) in [6.07, 6.45) is 1.60. The fraction of sp³-hybridized carbons (Fsp3) is 0.160. The Kier molecular flexibility index (Phi) is 5.54. The average molecular weight is 415 g/mol. The molecule has 31 heavy (non-hydrogen) atoms. The number of carbonyl (C=O) groups excluding carboxylic acids is 2. The predicted molar refractivity (Wildman–Crippen MR) is 118 cm³/mol. The first-order valence-electron chi connectivity index (χ1n) is 9.86. The van der Waals surface area contributed by atoms with E-state index < -0.39 is 5.97 Å². The van der Waals surface area contributed by atoms with Crippen molar-refractivity contribution in [3.05, 3.63) is 77.5 Å². The van der Waals surface area contributed by atoms with Gasteiger partial charge in [0.2, 0.25) is 5.90 Å². The van der Waals surface area contributed by atoms with Crippen molar-refractivity contribution in [2.75, 3.05) is 7.11 Å². The molecule has 1 aliphatic heterocycles. The summed E-state index contributed by atoms with van der Waals surface area (Å²) in [5.74, 6) is -0.184. The van der Waals surface area contributed by atoms with Gasteiger partial charge >= 0.3 is 11.9 Å². The molecule has 1 aliphatic rings. The standard InChI is InChI=1S/C25H21NO5/c1-15(2)24(27)30-21-11-8-16(13-22(21)29-3)12-20-25(28)31-23(26-20)19-10-9-17-6-4-5-7-18(17)14-19/h4-15H,1-3H3/b20-12+.